The van der Waals surface area contributed by atoms with Crippen molar-refractivity contribution in [2.75, 3.05) is 0 Å². The van der Waals surface area contributed by atoms with E-state index in [1.54, 1.807) is 36.4 Å². The molecule has 0 heterocycles. The summed E-state index contributed by atoms with van der Waals surface area (Å²) >= 11 is 0. The predicted molar refractivity (Wildman–Crippen MR) is 99.8 cm³/mol. The number of amides is 1. The van der Waals surface area contributed by atoms with Crippen LogP contribution in [-0.4, -0.2) is 5.91 Å². The van der Waals surface area contributed by atoms with Crippen LogP contribution in [0, 0.1) is 5.82 Å². The van der Waals surface area contributed by atoms with E-state index in [1.165, 1.54) is 5.56 Å². The zero-order chi connectivity index (χ0) is 17.8. The van der Waals surface area contributed by atoms with E-state index in [0.29, 0.717) is 16.7 Å². The molecule has 2 N–H and O–H groups in total. The van der Waals surface area contributed by atoms with Crippen molar-refractivity contribution in [3.8, 4) is 22.3 Å². The molecule has 25 heavy (non-hydrogen) atoms. The van der Waals surface area contributed by atoms with Gasteiger partial charge in [0, 0.05) is 11.1 Å². The summed E-state index contributed by atoms with van der Waals surface area (Å²) < 4.78 is 14.6. The Kier molecular flexibility index (Phi) is 4.94. The van der Waals surface area contributed by atoms with Gasteiger partial charge in [-0.1, -0.05) is 61.9 Å². The molecule has 0 aliphatic rings. The second-order valence-corrected chi connectivity index (χ2v) is 6.08. The van der Waals surface area contributed by atoms with Crippen LogP contribution in [0.4, 0.5) is 4.39 Å². The molecule has 3 aromatic rings. The number of carbonyl (C=O) groups is 1. The molecule has 0 fully saturated rings. The Morgan fingerprint density at radius 1 is 0.880 bits per heavy atom. The highest BCUT2D eigenvalue weighted by molar-refractivity contribution is 5.93. The lowest BCUT2D eigenvalue weighted by atomic mass is 9.98. The van der Waals surface area contributed by atoms with Gasteiger partial charge in [-0.3, -0.25) is 4.79 Å². The van der Waals surface area contributed by atoms with Crippen molar-refractivity contribution in [1.29, 1.82) is 0 Å². The Bertz CT molecular complexity index is 883. The second-order valence-electron chi connectivity index (χ2n) is 6.08. The molecule has 0 saturated heterocycles. The first-order valence-electron chi connectivity index (χ1n) is 8.37. The summed E-state index contributed by atoms with van der Waals surface area (Å²) in [4.78, 5) is 11.1. The van der Waals surface area contributed by atoms with Crippen LogP contribution in [0.15, 0.2) is 66.7 Å². The van der Waals surface area contributed by atoms with Crippen LogP contribution >= 0.6 is 0 Å². The average molecular weight is 333 g/mol. The first-order chi connectivity index (χ1) is 12.1. The molecule has 3 rings (SSSR count). The Hall–Kier alpha value is -2.94. The maximum atomic E-state index is 14.6. The largest absolute Gasteiger partial charge is 0.366 e. The van der Waals surface area contributed by atoms with E-state index in [-0.39, 0.29) is 5.82 Å². The monoisotopic (exact) mass is 333 g/mol. The molecule has 2 nitrogen and oxygen atoms in total. The number of halogens is 1. The molecular formula is C22H20FNO. The lowest BCUT2D eigenvalue weighted by molar-refractivity contribution is 0.100. The maximum Gasteiger partial charge on any atom is 0.248 e. The third kappa shape index (κ3) is 3.77. The highest BCUT2D eigenvalue weighted by atomic mass is 19.1. The molecule has 0 aliphatic heterocycles. The molecule has 126 valence electrons. The van der Waals surface area contributed by atoms with E-state index in [0.717, 1.165) is 24.0 Å². The van der Waals surface area contributed by atoms with Gasteiger partial charge >= 0.3 is 0 Å². The predicted octanol–water partition coefficient (Wildman–Crippen LogP) is 5.21. The fraction of sp³-hybridized carbons (Fsp3) is 0.136. The van der Waals surface area contributed by atoms with Crippen molar-refractivity contribution >= 4 is 5.91 Å². The quantitative estimate of drug-likeness (QED) is 0.684. The zero-order valence-corrected chi connectivity index (χ0v) is 14.1. The van der Waals surface area contributed by atoms with Crippen LogP contribution in [0.2, 0.25) is 0 Å². The summed E-state index contributed by atoms with van der Waals surface area (Å²) in [6, 6.07) is 20.1. The van der Waals surface area contributed by atoms with Gasteiger partial charge in [0.15, 0.2) is 0 Å². The number of primary amides is 1. The van der Waals surface area contributed by atoms with Crippen LogP contribution in [0.25, 0.3) is 22.3 Å². The van der Waals surface area contributed by atoms with Crippen LogP contribution in [-0.2, 0) is 6.42 Å². The van der Waals surface area contributed by atoms with Crippen LogP contribution in [0.3, 0.4) is 0 Å². The van der Waals surface area contributed by atoms with Crippen molar-refractivity contribution in [1.82, 2.24) is 0 Å². The van der Waals surface area contributed by atoms with Crippen LogP contribution in [0.5, 0.6) is 0 Å². The molecule has 0 atom stereocenters. The van der Waals surface area contributed by atoms with E-state index in [4.69, 9.17) is 5.73 Å². The van der Waals surface area contributed by atoms with Crippen molar-refractivity contribution in [3.63, 3.8) is 0 Å². The van der Waals surface area contributed by atoms with Crippen molar-refractivity contribution in [2.45, 2.75) is 19.8 Å². The Morgan fingerprint density at radius 2 is 1.48 bits per heavy atom. The molecule has 1 amide bonds. The van der Waals surface area contributed by atoms with Gasteiger partial charge in [0.1, 0.15) is 5.82 Å². The van der Waals surface area contributed by atoms with Gasteiger partial charge in [0.2, 0.25) is 5.91 Å². The number of hydrogen-bond donors (Lipinski definition) is 1. The van der Waals surface area contributed by atoms with E-state index < -0.39 is 5.91 Å². The first-order valence-corrected chi connectivity index (χ1v) is 8.37. The van der Waals surface area contributed by atoms with Gasteiger partial charge in [-0.25, -0.2) is 4.39 Å². The van der Waals surface area contributed by atoms with Gasteiger partial charge < -0.3 is 5.73 Å². The van der Waals surface area contributed by atoms with Crippen molar-refractivity contribution < 1.29 is 9.18 Å². The van der Waals surface area contributed by atoms with E-state index >= 15 is 0 Å². The normalized spacial score (nSPS) is 10.6. The van der Waals surface area contributed by atoms with Gasteiger partial charge in [-0.05, 0) is 46.9 Å². The van der Waals surface area contributed by atoms with Gasteiger partial charge in [0.05, 0.1) is 0 Å². The number of benzene rings is 3. The van der Waals surface area contributed by atoms with E-state index in [2.05, 4.69) is 19.1 Å². The molecule has 0 aliphatic carbocycles. The van der Waals surface area contributed by atoms with Crippen molar-refractivity contribution in [2.24, 2.45) is 5.73 Å². The third-order valence-electron chi connectivity index (χ3n) is 4.28. The molecule has 0 unspecified atom stereocenters. The van der Waals surface area contributed by atoms with Crippen LogP contribution in [0.1, 0.15) is 29.3 Å². The first kappa shape index (κ1) is 16.9. The highest BCUT2D eigenvalue weighted by Gasteiger charge is 2.08. The molecule has 0 saturated carbocycles. The van der Waals surface area contributed by atoms with E-state index in [9.17, 15) is 9.18 Å². The molecular weight excluding hydrogens is 313 g/mol. The Labute approximate surface area is 147 Å². The summed E-state index contributed by atoms with van der Waals surface area (Å²) in [7, 11) is 0. The summed E-state index contributed by atoms with van der Waals surface area (Å²) in [6.07, 6.45) is 2.16. The Balaban J connectivity index is 1.88. The van der Waals surface area contributed by atoms with Gasteiger partial charge in [0.25, 0.3) is 0 Å². The fourth-order valence-corrected chi connectivity index (χ4v) is 2.90. The maximum absolute atomic E-state index is 14.6. The Morgan fingerprint density at radius 3 is 2.04 bits per heavy atom. The van der Waals surface area contributed by atoms with Gasteiger partial charge in [-0.15, -0.1) is 0 Å². The number of hydrogen-bond acceptors (Lipinski definition) is 1. The third-order valence-corrected chi connectivity index (χ3v) is 4.28. The number of rotatable bonds is 5. The van der Waals surface area contributed by atoms with E-state index in [1.807, 2.05) is 18.2 Å². The molecule has 3 heteroatoms. The average Bonchev–Trinajstić information content (AvgIpc) is 2.63. The summed E-state index contributed by atoms with van der Waals surface area (Å²) in [5.41, 5.74) is 9.99. The lowest BCUT2D eigenvalue weighted by Gasteiger charge is -2.08. The topological polar surface area (TPSA) is 43.1 Å². The summed E-state index contributed by atoms with van der Waals surface area (Å²) in [5.74, 6) is -0.782. The fourth-order valence-electron chi connectivity index (χ4n) is 2.90. The minimum atomic E-state index is -0.492. The summed E-state index contributed by atoms with van der Waals surface area (Å²) in [6.45, 7) is 2.15. The molecule has 0 aromatic heterocycles. The lowest BCUT2D eigenvalue weighted by Crippen LogP contribution is -2.10. The highest BCUT2D eigenvalue weighted by Crippen LogP contribution is 2.28. The number of aryl methyl sites for hydroxylation is 1. The standard InChI is InChI=1S/C22H20FNO/c1-2-3-15-4-6-16(7-5-15)19-12-13-20(21(23)14-19)17-8-10-18(11-9-17)22(24)25/h4-14H,2-3H2,1H3,(H2,24,25). The van der Waals surface area contributed by atoms with Crippen molar-refractivity contribution in [3.05, 3.63) is 83.7 Å². The zero-order valence-electron chi connectivity index (χ0n) is 14.1. The second kappa shape index (κ2) is 7.31. The van der Waals surface area contributed by atoms with Crippen LogP contribution < -0.4 is 5.73 Å². The molecule has 0 spiro atoms. The smallest absolute Gasteiger partial charge is 0.248 e. The number of nitrogens with two attached hydrogens (primary N) is 1. The molecule has 0 radical (unpaired) electrons. The van der Waals surface area contributed by atoms with Gasteiger partial charge in [-0.2, -0.15) is 0 Å². The minimum Gasteiger partial charge on any atom is -0.366 e. The minimum absolute atomic E-state index is 0.290. The number of carbonyl (C=O) groups excluding carboxylic acids is 1. The SMILES string of the molecule is CCCc1ccc(-c2ccc(-c3ccc(C(N)=O)cc3)c(F)c2)cc1. The summed E-state index contributed by atoms with van der Waals surface area (Å²) in [5, 5.41) is 0. The molecule has 3 aromatic carbocycles. The molecule has 0 bridgehead atoms.